The van der Waals surface area contributed by atoms with Crippen LogP contribution in [-0.2, 0) is 6.42 Å². The molecule has 0 amide bonds. The molecule has 15 heavy (non-hydrogen) atoms. The molecule has 0 radical (unpaired) electrons. The van der Waals surface area contributed by atoms with Crippen molar-refractivity contribution in [2.24, 2.45) is 16.6 Å². The summed E-state index contributed by atoms with van der Waals surface area (Å²) in [6.45, 7) is 7.19. The molecule has 82 valence electrons. The Balaban J connectivity index is 2.58. The SMILES string of the molecule is Cc1cccc(CC(N)=NCC(C)C)c1. The zero-order chi connectivity index (χ0) is 11.3. The lowest BCUT2D eigenvalue weighted by Crippen LogP contribution is -2.16. The fourth-order valence-corrected chi connectivity index (χ4v) is 1.39. The third-order valence-corrected chi connectivity index (χ3v) is 2.13. The quantitative estimate of drug-likeness (QED) is 0.594. The van der Waals surface area contributed by atoms with E-state index >= 15 is 0 Å². The second-order valence-corrected chi connectivity index (χ2v) is 4.39. The molecule has 2 nitrogen and oxygen atoms in total. The van der Waals surface area contributed by atoms with E-state index in [1.165, 1.54) is 11.1 Å². The lowest BCUT2D eigenvalue weighted by Gasteiger charge is -2.04. The van der Waals surface area contributed by atoms with Gasteiger partial charge in [-0.3, -0.25) is 4.99 Å². The zero-order valence-corrected chi connectivity index (χ0v) is 9.83. The van der Waals surface area contributed by atoms with Crippen LogP contribution in [0.2, 0.25) is 0 Å². The van der Waals surface area contributed by atoms with E-state index in [2.05, 4.69) is 50.0 Å². The van der Waals surface area contributed by atoms with Crippen LogP contribution in [0.3, 0.4) is 0 Å². The van der Waals surface area contributed by atoms with Crippen LogP contribution in [0, 0.1) is 12.8 Å². The van der Waals surface area contributed by atoms with Crippen LogP contribution in [0.15, 0.2) is 29.3 Å². The van der Waals surface area contributed by atoms with Crippen LogP contribution in [-0.4, -0.2) is 12.4 Å². The Morgan fingerprint density at radius 1 is 1.40 bits per heavy atom. The first-order valence-electron chi connectivity index (χ1n) is 5.42. The minimum atomic E-state index is 0.570. The van der Waals surface area contributed by atoms with Crippen molar-refractivity contribution in [2.45, 2.75) is 27.2 Å². The Morgan fingerprint density at radius 2 is 2.13 bits per heavy atom. The number of rotatable bonds is 4. The van der Waals surface area contributed by atoms with Crippen LogP contribution in [0.1, 0.15) is 25.0 Å². The predicted octanol–water partition coefficient (Wildman–Crippen LogP) is 2.55. The van der Waals surface area contributed by atoms with Gasteiger partial charge < -0.3 is 5.73 Å². The molecule has 1 aromatic carbocycles. The van der Waals surface area contributed by atoms with E-state index in [4.69, 9.17) is 5.73 Å². The van der Waals surface area contributed by atoms with Crippen molar-refractivity contribution in [2.75, 3.05) is 6.54 Å². The number of aliphatic imine (C=N–C) groups is 1. The summed E-state index contributed by atoms with van der Waals surface area (Å²) in [5.74, 6) is 1.30. The van der Waals surface area contributed by atoms with Gasteiger partial charge in [0.1, 0.15) is 0 Å². The predicted molar refractivity (Wildman–Crippen MR) is 66.2 cm³/mol. The largest absolute Gasteiger partial charge is 0.387 e. The van der Waals surface area contributed by atoms with Crippen molar-refractivity contribution in [3.63, 3.8) is 0 Å². The van der Waals surface area contributed by atoms with E-state index < -0.39 is 0 Å². The molecule has 0 aliphatic carbocycles. The van der Waals surface area contributed by atoms with E-state index in [9.17, 15) is 0 Å². The third-order valence-electron chi connectivity index (χ3n) is 2.13. The van der Waals surface area contributed by atoms with Gasteiger partial charge in [0.05, 0.1) is 5.84 Å². The molecule has 1 rings (SSSR count). The molecule has 0 heterocycles. The van der Waals surface area contributed by atoms with E-state index in [-0.39, 0.29) is 0 Å². The number of benzene rings is 1. The average Bonchev–Trinajstić information content (AvgIpc) is 2.15. The van der Waals surface area contributed by atoms with Crippen molar-refractivity contribution in [1.82, 2.24) is 0 Å². The summed E-state index contributed by atoms with van der Waals surface area (Å²) in [4.78, 5) is 4.34. The number of nitrogens with zero attached hydrogens (tertiary/aromatic N) is 1. The molecule has 0 spiro atoms. The van der Waals surface area contributed by atoms with Crippen LogP contribution in [0.25, 0.3) is 0 Å². The van der Waals surface area contributed by atoms with E-state index in [0.29, 0.717) is 5.92 Å². The first-order valence-corrected chi connectivity index (χ1v) is 5.42. The third kappa shape index (κ3) is 4.63. The highest BCUT2D eigenvalue weighted by Gasteiger charge is 1.98. The minimum absolute atomic E-state index is 0.570. The van der Waals surface area contributed by atoms with Crippen LogP contribution in [0.5, 0.6) is 0 Å². The van der Waals surface area contributed by atoms with Crippen molar-refractivity contribution in [1.29, 1.82) is 0 Å². The minimum Gasteiger partial charge on any atom is -0.387 e. The highest BCUT2D eigenvalue weighted by Crippen LogP contribution is 2.04. The number of hydrogen-bond acceptors (Lipinski definition) is 1. The lowest BCUT2D eigenvalue weighted by molar-refractivity contribution is 0.664. The van der Waals surface area contributed by atoms with Gasteiger partial charge in [-0.15, -0.1) is 0 Å². The first kappa shape index (κ1) is 11.8. The molecule has 2 heteroatoms. The van der Waals surface area contributed by atoms with Crippen molar-refractivity contribution >= 4 is 5.84 Å². The number of aryl methyl sites for hydroxylation is 1. The summed E-state index contributed by atoms with van der Waals surface area (Å²) in [6.07, 6.45) is 0.758. The van der Waals surface area contributed by atoms with Gasteiger partial charge in [0.2, 0.25) is 0 Å². The van der Waals surface area contributed by atoms with Gasteiger partial charge >= 0.3 is 0 Å². The van der Waals surface area contributed by atoms with Crippen molar-refractivity contribution in [3.8, 4) is 0 Å². The van der Waals surface area contributed by atoms with Crippen LogP contribution >= 0.6 is 0 Å². The molecular weight excluding hydrogens is 184 g/mol. The topological polar surface area (TPSA) is 38.4 Å². The second-order valence-electron chi connectivity index (χ2n) is 4.39. The van der Waals surface area contributed by atoms with Gasteiger partial charge in [0.25, 0.3) is 0 Å². The molecule has 1 aromatic rings. The Bertz CT molecular complexity index is 340. The first-order chi connectivity index (χ1) is 7.08. The van der Waals surface area contributed by atoms with Gasteiger partial charge in [0.15, 0.2) is 0 Å². The summed E-state index contributed by atoms with van der Waals surface area (Å²) in [5.41, 5.74) is 8.36. The summed E-state index contributed by atoms with van der Waals surface area (Å²) in [7, 11) is 0. The number of nitrogens with two attached hydrogens (primary N) is 1. The standard InChI is InChI=1S/C13H20N2/c1-10(2)9-15-13(14)8-12-6-4-5-11(3)7-12/h4-7,10H,8-9H2,1-3H3,(H2,14,15). The van der Waals surface area contributed by atoms with Gasteiger partial charge in [-0.25, -0.2) is 0 Å². The Morgan fingerprint density at radius 3 is 2.73 bits per heavy atom. The molecule has 0 unspecified atom stereocenters. The number of hydrogen-bond donors (Lipinski definition) is 1. The van der Waals surface area contributed by atoms with E-state index in [0.717, 1.165) is 18.8 Å². The Kier molecular flexibility index (Phi) is 4.35. The van der Waals surface area contributed by atoms with Gasteiger partial charge in [0, 0.05) is 13.0 Å². The van der Waals surface area contributed by atoms with Crippen LogP contribution in [0.4, 0.5) is 0 Å². The van der Waals surface area contributed by atoms with Gasteiger partial charge in [-0.1, -0.05) is 43.7 Å². The smallest absolute Gasteiger partial charge is 0.0981 e. The maximum Gasteiger partial charge on any atom is 0.0981 e. The monoisotopic (exact) mass is 204 g/mol. The molecule has 0 atom stereocenters. The molecule has 0 aliphatic rings. The van der Waals surface area contributed by atoms with Crippen molar-refractivity contribution < 1.29 is 0 Å². The molecule has 2 N–H and O–H groups in total. The molecular formula is C13H20N2. The number of amidine groups is 1. The highest BCUT2D eigenvalue weighted by atomic mass is 14.8. The van der Waals surface area contributed by atoms with Gasteiger partial charge in [-0.2, -0.15) is 0 Å². The molecule has 0 saturated carbocycles. The second kappa shape index (κ2) is 5.54. The fraction of sp³-hybridized carbons (Fsp3) is 0.462. The highest BCUT2D eigenvalue weighted by molar-refractivity contribution is 5.82. The molecule has 0 fully saturated rings. The summed E-state index contributed by atoms with van der Waals surface area (Å²) in [5, 5.41) is 0. The molecule has 0 bridgehead atoms. The zero-order valence-electron chi connectivity index (χ0n) is 9.83. The van der Waals surface area contributed by atoms with Gasteiger partial charge in [-0.05, 0) is 18.4 Å². The molecule has 0 saturated heterocycles. The Labute approximate surface area is 92.2 Å². The maximum absolute atomic E-state index is 5.85. The van der Waals surface area contributed by atoms with E-state index in [1.807, 2.05) is 0 Å². The summed E-state index contributed by atoms with van der Waals surface area (Å²) >= 11 is 0. The normalized spacial score (nSPS) is 12.1. The Hall–Kier alpha value is -1.31. The summed E-state index contributed by atoms with van der Waals surface area (Å²) in [6, 6.07) is 8.38. The lowest BCUT2D eigenvalue weighted by atomic mass is 10.1. The van der Waals surface area contributed by atoms with Crippen molar-refractivity contribution in [3.05, 3.63) is 35.4 Å². The maximum atomic E-state index is 5.85. The fourth-order valence-electron chi connectivity index (χ4n) is 1.39. The van der Waals surface area contributed by atoms with E-state index in [1.54, 1.807) is 0 Å². The molecule has 0 aromatic heterocycles. The average molecular weight is 204 g/mol. The molecule has 0 aliphatic heterocycles. The summed E-state index contributed by atoms with van der Waals surface area (Å²) < 4.78 is 0. The van der Waals surface area contributed by atoms with Crippen LogP contribution < -0.4 is 5.73 Å².